The third kappa shape index (κ3) is 2.72. The fraction of sp³-hybridized carbons (Fsp3) is 0.400. The quantitative estimate of drug-likeness (QED) is 0.507. The summed E-state index contributed by atoms with van der Waals surface area (Å²) in [4.78, 5) is 8.57. The number of hydrogen-bond donors (Lipinski definition) is 3. The van der Waals surface area contributed by atoms with Crippen LogP contribution < -0.4 is 16.6 Å². The molecule has 96 valence electrons. The number of nitrogens with zero attached hydrogens (tertiary/aromatic N) is 5. The Balaban J connectivity index is 2.11. The van der Waals surface area contributed by atoms with Gasteiger partial charge in [0.25, 0.3) is 0 Å². The van der Waals surface area contributed by atoms with Crippen molar-refractivity contribution in [2.24, 2.45) is 12.9 Å². The van der Waals surface area contributed by atoms with Gasteiger partial charge in [-0.2, -0.15) is 0 Å². The summed E-state index contributed by atoms with van der Waals surface area (Å²) in [6.45, 7) is 2.53. The van der Waals surface area contributed by atoms with Crippen LogP contribution in [-0.4, -0.2) is 24.7 Å². The Morgan fingerprint density at radius 3 is 2.72 bits per heavy atom. The second-order valence-electron chi connectivity index (χ2n) is 3.76. The van der Waals surface area contributed by atoms with Gasteiger partial charge < -0.3 is 15.3 Å². The second-order valence-corrected chi connectivity index (χ2v) is 3.76. The van der Waals surface area contributed by atoms with E-state index in [1.54, 1.807) is 12.4 Å². The molecule has 2 heterocycles. The van der Waals surface area contributed by atoms with E-state index in [9.17, 15) is 0 Å². The van der Waals surface area contributed by atoms with Crippen LogP contribution in [0, 0.1) is 0 Å². The fourth-order valence-corrected chi connectivity index (χ4v) is 1.46. The van der Waals surface area contributed by atoms with Crippen LogP contribution in [0.4, 0.5) is 11.6 Å². The summed E-state index contributed by atoms with van der Waals surface area (Å²) in [5, 5.41) is 11.0. The lowest BCUT2D eigenvalue weighted by molar-refractivity contribution is 0.808. The minimum absolute atomic E-state index is 0.542. The summed E-state index contributed by atoms with van der Waals surface area (Å²) in [5.41, 5.74) is 2.52. The van der Waals surface area contributed by atoms with Crippen LogP contribution in [0.15, 0.2) is 12.4 Å². The van der Waals surface area contributed by atoms with Gasteiger partial charge >= 0.3 is 0 Å². The third-order valence-electron chi connectivity index (χ3n) is 2.47. The number of aryl methyl sites for hydroxylation is 2. The number of anilines is 2. The van der Waals surface area contributed by atoms with Gasteiger partial charge in [-0.15, -0.1) is 10.2 Å². The summed E-state index contributed by atoms with van der Waals surface area (Å²) < 4.78 is 1.84. The number of hydrogen-bond acceptors (Lipinski definition) is 7. The molecule has 4 N–H and O–H groups in total. The van der Waals surface area contributed by atoms with Gasteiger partial charge in [0, 0.05) is 19.5 Å². The van der Waals surface area contributed by atoms with Gasteiger partial charge in [0.2, 0.25) is 0 Å². The zero-order chi connectivity index (χ0) is 13.0. The zero-order valence-corrected chi connectivity index (χ0v) is 10.4. The second kappa shape index (κ2) is 5.41. The van der Waals surface area contributed by atoms with Crippen LogP contribution in [0.2, 0.25) is 0 Å². The standard InChI is InChI=1S/C10H16N8/c1-3-7-14-8(4-9(15-7)16-11)12-5-10-17-13-6-18(10)2/h4,6H,3,5,11H2,1-2H3,(H2,12,14,15,16). The van der Waals surface area contributed by atoms with Crippen LogP contribution in [0.1, 0.15) is 18.6 Å². The number of aromatic nitrogens is 5. The van der Waals surface area contributed by atoms with Gasteiger partial charge in [-0.05, 0) is 0 Å². The van der Waals surface area contributed by atoms with E-state index in [0.717, 1.165) is 18.1 Å². The van der Waals surface area contributed by atoms with E-state index in [0.29, 0.717) is 18.2 Å². The minimum atomic E-state index is 0.542. The normalized spacial score (nSPS) is 10.4. The molecule has 0 fully saturated rings. The van der Waals surface area contributed by atoms with Gasteiger partial charge in [0.15, 0.2) is 5.82 Å². The van der Waals surface area contributed by atoms with Crippen LogP contribution in [0.25, 0.3) is 0 Å². The van der Waals surface area contributed by atoms with Gasteiger partial charge in [-0.25, -0.2) is 15.8 Å². The molecule has 0 amide bonds. The Morgan fingerprint density at radius 1 is 1.33 bits per heavy atom. The predicted octanol–water partition coefficient (Wildman–Crippen LogP) is 0.0652. The molecule has 0 aliphatic carbocycles. The highest BCUT2D eigenvalue weighted by Crippen LogP contribution is 2.11. The van der Waals surface area contributed by atoms with E-state index in [1.165, 1.54) is 0 Å². The first-order chi connectivity index (χ1) is 8.72. The van der Waals surface area contributed by atoms with E-state index in [2.05, 4.69) is 30.9 Å². The molecule has 0 saturated carbocycles. The molecule has 18 heavy (non-hydrogen) atoms. The lowest BCUT2D eigenvalue weighted by Crippen LogP contribution is -2.13. The van der Waals surface area contributed by atoms with E-state index in [4.69, 9.17) is 5.84 Å². The first-order valence-corrected chi connectivity index (χ1v) is 5.64. The third-order valence-corrected chi connectivity index (χ3v) is 2.47. The number of nitrogen functional groups attached to an aromatic ring is 1. The van der Waals surface area contributed by atoms with Crippen molar-refractivity contribution < 1.29 is 0 Å². The summed E-state index contributed by atoms with van der Waals surface area (Å²) in [5.74, 6) is 8.21. The lowest BCUT2D eigenvalue weighted by atomic mass is 10.4. The van der Waals surface area contributed by atoms with Crippen LogP contribution in [0.5, 0.6) is 0 Å². The molecule has 0 aliphatic rings. The maximum atomic E-state index is 5.36. The fourth-order valence-electron chi connectivity index (χ4n) is 1.46. The lowest BCUT2D eigenvalue weighted by Gasteiger charge is -2.08. The average molecular weight is 248 g/mol. The molecule has 2 rings (SSSR count). The topological polar surface area (TPSA) is 107 Å². The Morgan fingerprint density at radius 2 is 2.11 bits per heavy atom. The first-order valence-electron chi connectivity index (χ1n) is 5.64. The van der Waals surface area contributed by atoms with Crippen molar-refractivity contribution in [2.75, 3.05) is 10.7 Å². The van der Waals surface area contributed by atoms with Gasteiger partial charge in [0.1, 0.15) is 23.8 Å². The first kappa shape index (κ1) is 12.2. The van der Waals surface area contributed by atoms with Crippen molar-refractivity contribution in [1.82, 2.24) is 24.7 Å². The molecule has 0 atom stereocenters. The molecule has 0 aliphatic heterocycles. The zero-order valence-electron chi connectivity index (χ0n) is 10.4. The van der Waals surface area contributed by atoms with Gasteiger partial charge in [-0.3, -0.25) is 0 Å². The maximum absolute atomic E-state index is 5.36. The number of hydrazine groups is 1. The molecule has 8 nitrogen and oxygen atoms in total. The summed E-state index contributed by atoms with van der Waals surface area (Å²) in [6, 6.07) is 1.75. The van der Waals surface area contributed by atoms with Crippen molar-refractivity contribution in [1.29, 1.82) is 0 Å². The molecular weight excluding hydrogens is 232 g/mol. The molecule has 0 radical (unpaired) electrons. The molecule has 0 unspecified atom stereocenters. The molecular formula is C10H16N8. The van der Waals surface area contributed by atoms with Gasteiger partial charge in [-0.1, -0.05) is 6.92 Å². The smallest absolute Gasteiger partial charge is 0.151 e. The molecule has 2 aromatic rings. The highest BCUT2D eigenvalue weighted by molar-refractivity contribution is 5.46. The SMILES string of the molecule is CCc1nc(NN)cc(NCc2nncn2C)n1. The number of nitrogens with two attached hydrogens (primary N) is 1. The van der Waals surface area contributed by atoms with Crippen LogP contribution in [0.3, 0.4) is 0 Å². The molecule has 0 spiro atoms. The van der Waals surface area contributed by atoms with E-state index in [1.807, 2.05) is 18.5 Å². The van der Waals surface area contributed by atoms with E-state index in [-0.39, 0.29) is 0 Å². The summed E-state index contributed by atoms with van der Waals surface area (Å²) >= 11 is 0. The van der Waals surface area contributed by atoms with Gasteiger partial charge in [0.05, 0.1) is 6.54 Å². The monoisotopic (exact) mass is 248 g/mol. The highest BCUT2D eigenvalue weighted by atomic mass is 15.3. The highest BCUT2D eigenvalue weighted by Gasteiger charge is 2.04. The van der Waals surface area contributed by atoms with Crippen molar-refractivity contribution in [3.63, 3.8) is 0 Å². The largest absolute Gasteiger partial charge is 0.363 e. The molecule has 8 heteroatoms. The predicted molar refractivity (Wildman–Crippen MR) is 67.5 cm³/mol. The van der Waals surface area contributed by atoms with Crippen LogP contribution >= 0.6 is 0 Å². The van der Waals surface area contributed by atoms with Crippen molar-refractivity contribution in [3.8, 4) is 0 Å². The van der Waals surface area contributed by atoms with E-state index >= 15 is 0 Å². The molecule has 0 bridgehead atoms. The Hall–Kier alpha value is -2.22. The number of rotatable bonds is 5. The van der Waals surface area contributed by atoms with Crippen molar-refractivity contribution in [2.45, 2.75) is 19.9 Å². The summed E-state index contributed by atoms with van der Waals surface area (Å²) in [6.07, 6.45) is 2.40. The Labute approximate surface area is 105 Å². The average Bonchev–Trinajstić information content (AvgIpc) is 2.81. The molecule has 0 saturated heterocycles. The Bertz CT molecular complexity index is 498. The Kier molecular flexibility index (Phi) is 3.68. The molecule has 0 aromatic carbocycles. The summed E-state index contributed by atoms with van der Waals surface area (Å²) in [7, 11) is 1.89. The van der Waals surface area contributed by atoms with E-state index < -0.39 is 0 Å². The minimum Gasteiger partial charge on any atom is -0.363 e. The molecule has 2 aromatic heterocycles. The van der Waals surface area contributed by atoms with Crippen LogP contribution in [-0.2, 0) is 20.0 Å². The maximum Gasteiger partial charge on any atom is 0.151 e. The van der Waals surface area contributed by atoms with Crippen molar-refractivity contribution >= 4 is 11.6 Å². The van der Waals surface area contributed by atoms with Crippen molar-refractivity contribution in [3.05, 3.63) is 24.0 Å². The number of nitrogens with one attached hydrogen (secondary N) is 2.